The molecule has 2 heterocycles. The Kier molecular flexibility index (Phi) is 2.79. The van der Waals surface area contributed by atoms with E-state index in [2.05, 4.69) is 5.16 Å². The minimum Gasteiger partial charge on any atom is -0.381 e. The number of anilines is 1. The Morgan fingerprint density at radius 1 is 1.21 bits per heavy atom. The summed E-state index contributed by atoms with van der Waals surface area (Å²) in [4.78, 5) is 0.289. The first kappa shape index (κ1) is 12.2. The van der Waals surface area contributed by atoms with Crippen molar-refractivity contribution < 1.29 is 17.7 Å². The van der Waals surface area contributed by atoms with Crippen molar-refractivity contribution in [2.45, 2.75) is 10.1 Å². The van der Waals surface area contributed by atoms with Crippen molar-refractivity contribution in [3.63, 3.8) is 0 Å². The molecule has 7 heteroatoms. The predicted octanol–water partition coefficient (Wildman–Crippen LogP) is 1.10. The molecule has 3 rings (SSSR count). The highest BCUT2D eigenvalue weighted by Gasteiger charge is 2.33. The van der Waals surface area contributed by atoms with Crippen LogP contribution in [0.25, 0.3) is 11.3 Å². The highest BCUT2D eigenvalue weighted by Crippen LogP contribution is 2.26. The van der Waals surface area contributed by atoms with Crippen LogP contribution < -0.4 is 5.73 Å². The van der Waals surface area contributed by atoms with E-state index in [1.54, 1.807) is 30.3 Å². The summed E-state index contributed by atoms with van der Waals surface area (Å²) in [5.74, 6) is 0.798. The summed E-state index contributed by atoms with van der Waals surface area (Å²) in [6, 6.07) is 8.05. The first-order chi connectivity index (χ1) is 9.07. The van der Waals surface area contributed by atoms with Gasteiger partial charge in [-0.2, -0.15) is 0 Å². The molecule has 0 bridgehead atoms. The van der Waals surface area contributed by atoms with Crippen molar-refractivity contribution in [2.75, 3.05) is 18.9 Å². The zero-order chi connectivity index (χ0) is 13.5. The maximum atomic E-state index is 12.1. The van der Waals surface area contributed by atoms with Crippen molar-refractivity contribution in [3.8, 4) is 11.3 Å². The SMILES string of the molecule is Nc1cc(-c2ccc(S(=O)(=O)C3COC3)cc2)on1. The third-order valence-corrected chi connectivity index (χ3v) is 5.12. The van der Waals surface area contributed by atoms with Crippen molar-refractivity contribution in [2.24, 2.45) is 0 Å². The van der Waals surface area contributed by atoms with Crippen molar-refractivity contribution >= 4 is 15.7 Å². The molecule has 2 aromatic rings. The highest BCUT2D eigenvalue weighted by molar-refractivity contribution is 7.92. The Bertz CT molecular complexity index is 687. The zero-order valence-corrected chi connectivity index (χ0v) is 10.8. The molecule has 1 aromatic carbocycles. The van der Waals surface area contributed by atoms with E-state index in [0.29, 0.717) is 11.6 Å². The van der Waals surface area contributed by atoms with Gasteiger partial charge in [-0.1, -0.05) is 5.16 Å². The maximum absolute atomic E-state index is 12.1. The lowest BCUT2D eigenvalue weighted by Gasteiger charge is -2.25. The molecule has 2 N–H and O–H groups in total. The van der Waals surface area contributed by atoms with E-state index >= 15 is 0 Å². The van der Waals surface area contributed by atoms with Gasteiger partial charge in [-0.05, 0) is 24.3 Å². The van der Waals surface area contributed by atoms with E-state index in [9.17, 15) is 8.42 Å². The molecule has 1 fully saturated rings. The summed E-state index contributed by atoms with van der Waals surface area (Å²) in [7, 11) is -3.29. The van der Waals surface area contributed by atoms with E-state index in [0.717, 1.165) is 5.56 Å². The molecule has 0 amide bonds. The van der Waals surface area contributed by atoms with E-state index in [4.69, 9.17) is 15.0 Å². The molecule has 1 saturated heterocycles. The van der Waals surface area contributed by atoms with Gasteiger partial charge in [0.05, 0.1) is 18.1 Å². The zero-order valence-electron chi connectivity index (χ0n) is 9.94. The number of nitrogen functional groups attached to an aromatic ring is 1. The number of sulfone groups is 1. The van der Waals surface area contributed by atoms with Crippen LogP contribution in [-0.4, -0.2) is 32.0 Å². The van der Waals surface area contributed by atoms with Gasteiger partial charge in [0, 0.05) is 11.6 Å². The smallest absolute Gasteiger partial charge is 0.185 e. The standard InChI is InChI=1S/C12H12N2O4S/c13-12-5-11(18-14-12)8-1-3-9(4-2-8)19(15,16)10-6-17-7-10/h1-5,10H,6-7H2,(H2,13,14). The van der Waals surface area contributed by atoms with E-state index in [-0.39, 0.29) is 18.1 Å². The number of hydrogen-bond donors (Lipinski definition) is 1. The molecule has 100 valence electrons. The normalized spacial score (nSPS) is 16.2. The second-order valence-corrected chi connectivity index (χ2v) is 6.57. The minimum atomic E-state index is -3.29. The van der Waals surface area contributed by atoms with Crippen LogP contribution in [0.1, 0.15) is 0 Å². The molecule has 0 saturated carbocycles. The quantitative estimate of drug-likeness (QED) is 0.904. The van der Waals surface area contributed by atoms with Crippen LogP contribution in [0.5, 0.6) is 0 Å². The first-order valence-electron chi connectivity index (χ1n) is 5.71. The van der Waals surface area contributed by atoms with Gasteiger partial charge in [0.25, 0.3) is 0 Å². The lowest BCUT2D eigenvalue weighted by molar-refractivity contribution is 0.0416. The summed E-state index contributed by atoms with van der Waals surface area (Å²) in [5.41, 5.74) is 6.20. The number of ether oxygens (including phenoxy) is 1. The van der Waals surface area contributed by atoms with Crippen LogP contribution in [-0.2, 0) is 14.6 Å². The van der Waals surface area contributed by atoms with Crippen LogP contribution in [0.15, 0.2) is 39.8 Å². The lowest BCUT2D eigenvalue weighted by atomic mass is 10.2. The fraction of sp³-hybridized carbons (Fsp3) is 0.250. The van der Waals surface area contributed by atoms with Crippen LogP contribution in [0.4, 0.5) is 5.82 Å². The van der Waals surface area contributed by atoms with Crippen molar-refractivity contribution in [1.82, 2.24) is 5.16 Å². The van der Waals surface area contributed by atoms with Crippen molar-refractivity contribution in [1.29, 1.82) is 0 Å². The Hall–Kier alpha value is -1.86. The molecule has 0 spiro atoms. The average molecular weight is 280 g/mol. The molecule has 19 heavy (non-hydrogen) atoms. The molecule has 0 radical (unpaired) electrons. The Balaban J connectivity index is 1.90. The first-order valence-corrected chi connectivity index (χ1v) is 7.26. The fourth-order valence-corrected chi connectivity index (χ4v) is 3.27. The average Bonchev–Trinajstić information content (AvgIpc) is 2.73. The predicted molar refractivity (Wildman–Crippen MR) is 68.1 cm³/mol. The molecule has 1 aromatic heterocycles. The number of nitrogens with zero attached hydrogens (tertiary/aromatic N) is 1. The second kappa shape index (κ2) is 4.36. The topological polar surface area (TPSA) is 95.4 Å². The summed E-state index contributed by atoms with van der Waals surface area (Å²) in [6.45, 7) is 0.533. The monoisotopic (exact) mass is 280 g/mol. The van der Waals surface area contributed by atoms with Gasteiger partial charge < -0.3 is 15.0 Å². The van der Waals surface area contributed by atoms with E-state index < -0.39 is 15.1 Å². The third kappa shape index (κ3) is 2.11. The fourth-order valence-electron chi connectivity index (χ4n) is 1.82. The number of aromatic nitrogens is 1. The highest BCUT2D eigenvalue weighted by atomic mass is 32.2. The molecular formula is C12H12N2O4S. The second-order valence-electron chi connectivity index (χ2n) is 4.34. The molecule has 0 atom stereocenters. The summed E-state index contributed by atoms with van der Waals surface area (Å²) in [6.07, 6.45) is 0. The van der Waals surface area contributed by atoms with E-state index in [1.807, 2.05) is 0 Å². The summed E-state index contributed by atoms with van der Waals surface area (Å²) in [5, 5.41) is 3.15. The maximum Gasteiger partial charge on any atom is 0.185 e. The molecule has 6 nitrogen and oxygen atoms in total. The Morgan fingerprint density at radius 2 is 1.89 bits per heavy atom. The van der Waals surface area contributed by atoms with Gasteiger partial charge in [-0.15, -0.1) is 0 Å². The molecule has 0 aliphatic carbocycles. The lowest BCUT2D eigenvalue weighted by Crippen LogP contribution is -2.40. The van der Waals surface area contributed by atoms with Crippen LogP contribution in [0.2, 0.25) is 0 Å². The van der Waals surface area contributed by atoms with Gasteiger partial charge in [0.1, 0.15) is 5.25 Å². The van der Waals surface area contributed by atoms with Crippen LogP contribution >= 0.6 is 0 Å². The number of nitrogens with two attached hydrogens (primary N) is 1. The van der Waals surface area contributed by atoms with Crippen molar-refractivity contribution in [3.05, 3.63) is 30.3 Å². The Morgan fingerprint density at radius 3 is 2.37 bits per heavy atom. The van der Waals surface area contributed by atoms with Crippen LogP contribution in [0.3, 0.4) is 0 Å². The Labute approximate surface area is 110 Å². The number of rotatable bonds is 3. The third-order valence-electron chi connectivity index (χ3n) is 3.04. The largest absolute Gasteiger partial charge is 0.381 e. The van der Waals surface area contributed by atoms with Gasteiger partial charge in [0.2, 0.25) is 0 Å². The molecule has 1 aliphatic heterocycles. The number of benzene rings is 1. The van der Waals surface area contributed by atoms with Gasteiger partial charge in [-0.25, -0.2) is 8.42 Å². The minimum absolute atomic E-state index is 0.267. The van der Waals surface area contributed by atoms with E-state index in [1.165, 1.54) is 0 Å². The molecule has 1 aliphatic rings. The molecule has 0 unspecified atom stereocenters. The van der Waals surface area contributed by atoms with Gasteiger partial charge in [0.15, 0.2) is 21.4 Å². The summed E-state index contributed by atoms with van der Waals surface area (Å²) >= 11 is 0. The van der Waals surface area contributed by atoms with Crippen LogP contribution in [0, 0.1) is 0 Å². The number of hydrogen-bond acceptors (Lipinski definition) is 6. The van der Waals surface area contributed by atoms with Gasteiger partial charge >= 0.3 is 0 Å². The molecular weight excluding hydrogens is 268 g/mol. The van der Waals surface area contributed by atoms with Gasteiger partial charge in [-0.3, -0.25) is 0 Å². The summed E-state index contributed by atoms with van der Waals surface area (Å²) < 4.78 is 34.2.